The molecular formula is C25H27N3O3. The van der Waals surface area contributed by atoms with Crippen LogP contribution in [0.15, 0.2) is 79.0 Å². The molecule has 6 nitrogen and oxygen atoms in total. The average molecular weight is 418 g/mol. The molecule has 1 unspecified atom stereocenters. The smallest absolute Gasteiger partial charge is 0.251 e. The third-order valence-electron chi connectivity index (χ3n) is 4.71. The number of hydrogen-bond donors (Lipinski definition) is 2. The predicted octanol–water partition coefficient (Wildman–Crippen LogP) is 3.90. The minimum atomic E-state index is -0.397. The SMILES string of the molecule is CCCCOc1ccc(C(=O)NCC(=O)NC(c2ccccc2)c2ccccn2)cc1. The molecule has 2 aromatic carbocycles. The minimum Gasteiger partial charge on any atom is -0.494 e. The van der Waals surface area contributed by atoms with Crippen LogP contribution in [-0.4, -0.2) is 29.9 Å². The molecular weight excluding hydrogens is 390 g/mol. The van der Waals surface area contributed by atoms with Crippen molar-refractivity contribution in [1.29, 1.82) is 0 Å². The Morgan fingerprint density at radius 2 is 1.71 bits per heavy atom. The van der Waals surface area contributed by atoms with Crippen molar-refractivity contribution < 1.29 is 14.3 Å². The molecule has 0 saturated carbocycles. The molecule has 0 aliphatic rings. The molecule has 0 saturated heterocycles. The van der Waals surface area contributed by atoms with E-state index in [1.54, 1.807) is 30.5 Å². The van der Waals surface area contributed by atoms with Crippen LogP contribution in [0.4, 0.5) is 0 Å². The van der Waals surface area contributed by atoms with Crippen molar-refractivity contribution >= 4 is 11.8 Å². The number of pyridine rings is 1. The fraction of sp³-hybridized carbons (Fsp3) is 0.240. The third kappa shape index (κ3) is 6.67. The van der Waals surface area contributed by atoms with E-state index in [0.29, 0.717) is 12.2 Å². The lowest BCUT2D eigenvalue weighted by Crippen LogP contribution is -2.39. The number of carbonyl (C=O) groups is 2. The van der Waals surface area contributed by atoms with Crippen LogP contribution in [0.3, 0.4) is 0 Å². The highest BCUT2D eigenvalue weighted by Crippen LogP contribution is 2.19. The Hall–Kier alpha value is -3.67. The Morgan fingerprint density at radius 3 is 2.39 bits per heavy atom. The zero-order valence-corrected chi connectivity index (χ0v) is 17.6. The van der Waals surface area contributed by atoms with Crippen LogP contribution >= 0.6 is 0 Å². The van der Waals surface area contributed by atoms with Crippen molar-refractivity contribution in [1.82, 2.24) is 15.6 Å². The summed E-state index contributed by atoms with van der Waals surface area (Å²) in [5.41, 5.74) is 2.12. The summed E-state index contributed by atoms with van der Waals surface area (Å²) in [4.78, 5) is 29.3. The van der Waals surface area contributed by atoms with Gasteiger partial charge in [-0.1, -0.05) is 49.7 Å². The molecule has 0 fully saturated rings. The highest BCUT2D eigenvalue weighted by atomic mass is 16.5. The maximum absolute atomic E-state index is 12.6. The number of hydrogen-bond acceptors (Lipinski definition) is 4. The van der Waals surface area contributed by atoms with Gasteiger partial charge in [-0.25, -0.2) is 0 Å². The number of unbranched alkanes of at least 4 members (excludes halogenated alkanes) is 1. The minimum absolute atomic E-state index is 0.135. The predicted molar refractivity (Wildman–Crippen MR) is 120 cm³/mol. The maximum atomic E-state index is 12.6. The van der Waals surface area contributed by atoms with Gasteiger partial charge >= 0.3 is 0 Å². The van der Waals surface area contributed by atoms with E-state index in [4.69, 9.17) is 4.74 Å². The van der Waals surface area contributed by atoms with Gasteiger partial charge in [0.05, 0.1) is 24.9 Å². The molecule has 6 heteroatoms. The highest BCUT2D eigenvalue weighted by molar-refractivity contribution is 5.96. The standard InChI is InChI=1S/C25H27N3O3/c1-2-3-17-31-21-14-12-20(13-15-21)25(30)27-18-23(29)28-24(19-9-5-4-6-10-19)22-11-7-8-16-26-22/h4-16,24H,2-3,17-18H2,1H3,(H,27,30)(H,28,29). The lowest BCUT2D eigenvalue weighted by atomic mass is 10.0. The third-order valence-corrected chi connectivity index (χ3v) is 4.71. The average Bonchev–Trinajstić information content (AvgIpc) is 2.83. The number of benzene rings is 2. The quantitative estimate of drug-likeness (QED) is 0.491. The number of nitrogens with zero attached hydrogens (tertiary/aromatic N) is 1. The van der Waals surface area contributed by atoms with E-state index in [1.165, 1.54) is 0 Å². The van der Waals surface area contributed by atoms with Crippen molar-refractivity contribution in [3.63, 3.8) is 0 Å². The highest BCUT2D eigenvalue weighted by Gasteiger charge is 2.18. The maximum Gasteiger partial charge on any atom is 0.251 e. The van der Waals surface area contributed by atoms with Crippen LogP contribution in [-0.2, 0) is 4.79 Å². The molecule has 1 heterocycles. The van der Waals surface area contributed by atoms with E-state index in [-0.39, 0.29) is 18.4 Å². The molecule has 3 rings (SSSR count). The van der Waals surface area contributed by atoms with Crippen LogP contribution in [0.25, 0.3) is 0 Å². The van der Waals surface area contributed by atoms with E-state index < -0.39 is 6.04 Å². The summed E-state index contributed by atoms with van der Waals surface area (Å²) in [7, 11) is 0. The molecule has 0 spiro atoms. The normalized spacial score (nSPS) is 11.4. The number of aromatic nitrogens is 1. The molecule has 2 amide bonds. The Balaban J connectivity index is 1.57. The van der Waals surface area contributed by atoms with Crippen molar-refractivity contribution in [3.05, 3.63) is 95.8 Å². The van der Waals surface area contributed by atoms with Crippen molar-refractivity contribution in [2.75, 3.05) is 13.2 Å². The molecule has 1 aromatic heterocycles. The zero-order chi connectivity index (χ0) is 21.9. The monoisotopic (exact) mass is 417 g/mol. The van der Waals surface area contributed by atoms with Gasteiger partial charge in [0.2, 0.25) is 5.91 Å². The summed E-state index contributed by atoms with van der Waals surface area (Å²) in [5.74, 6) is 0.112. The van der Waals surface area contributed by atoms with Crippen LogP contribution in [0.1, 0.15) is 47.4 Å². The van der Waals surface area contributed by atoms with Crippen molar-refractivity contribution in [2.45, 2.75) is 25.8 Å². The Bertz CT molecular complexity index is 921. The van der Waals surface area contributed by atoms with E-state index in [2.05, 4.69) is 22.5 Å². The number of rotatable bonds is 10. The first-order chi connectivity index (χ1) is 15.2. The first-order valence-electron chi connectivity index (χ1n) is 10.4. The fourth-order valence-corrected chi connectivity index (χ4v) is 3.03. The molecule has 160 valence electrons. The van der Waals surface area contributed by atoms with Gasteiger partial charge in [0.1, 0.15) is 5.75 Å². The van der Waals surface area contributed by atoms with Gasteiger partial charge in [0.15, 0.2) is 0 Å². The van der Waals surface area contributed by atoms with Gasteiger partial charge in [-0.3, -0.25) is 14.6 Å². The van der Waals surface area contributed by atoms with Gasteiger partial charge in [-0.05, 0) is 48.4 Å². The van der Waals surface area contributed by atoms with Gasteiger partial charge < -0.3 is 15.4 Å². The molecule has 0 bridgehead atoms. The first-order valence-corrected chi connectivity index (χ1v) is 10.4. The number of amides is 2. The zero-order valence-electron chi connectivity index (χ0n) is 17.6. The van der Waals surface area contributed by atoms with Crippen LogP contribution < -0.4 is 15.4 Å². The second-order valence-electron chi connectivity index (χ2n) is 7.07. The van der Waals surface area contributed by atoms with Crippen molar-refractivity contribution in [3.8, 4) is 5.75 Å². The molecule has 2 N–H and O–H groups in total. The number of carbonyl (C=O) groups excluding carboxylic acids is 2. The summed E-state index contributed by atoms with van der Waals surface area (Å²) >= 11 is 0. The largest absolute Gasteiger partial charge is 0.494 e. The second-order valence-corrected chi connectivity index (χ2v) is 7.07. The van der Waals surface area contributed by atoms with Crippen molar-refractivity contribution in [2.24, 2.45) is 0 Å². The molecule has 1 atom stereocenters. The molecule has 0 aliphatic carbocycles. The number of ether oxygens (including phenoxy) is 1. The molecule has 31 heavy (non-hydrogen) atoms. The summed E-state index contributed by atoms with van der Waals surface area (Å²) in [6.07, 6.45) is 3.74. The van der Waals surface area contributed by atoms with E-state index >= 15 is 0 Å². The fourth-order valence-electron chi connectivity index (χ4n) is 3.03. The van der Waals surface area contributed by atoms with Gasteiger partial charge in [0.25, 0.3) is 5.91 Å². The topological polar surface area (TPSA) is 80.3 Å². The van der Waals surface area contributed by atoms with Crippen LogP contribution in [0.5, 0.6) is 5.75 Å². The van der Waals surface area contributed by atoms with E-state index in [9.17, 15) is 9.59 Å². The lowest BCUT2D eigenvalue weighted by molar-refractivity contribution is -0.120. The van der Waals surface area contributed by atoms with E-state index in [0.717, 1.165) is 29.8 Å². The number of nitrogens with one attached hydrogen (secondary N) is 2. The lowest BCUT2D eigenvalue weighted by Gasteiger charge is -2.19. The van der Waals surface area contributed by atoms with Crippen LogP contribution in [0.2, 0.25) is 0 Å². The first kappa shape index (κ1) is 22.0. The molecule has 0 radical (unpaired) electrons. The Labute approximate surface area is 182 Å². The summed E-state index contributed by atoms with van der Waals surface area (Å²) in [5, 5.41) is 5.62. The summed E-state index contributed by atoms with van der Waals surface area (Å²) < 4.78 is 5.61. The second kappa shape index (κ2) is 11.5. The molecule has 0 aliphatic heterocycles. The van der Waals surface area contributed by atoms with E-state index in [1.807, 2.05) is 48.5 Å². The summed E-state index contributed by atoms with van der Waals surface area (Å²) in [6.45, 7) is 2.62. The van der Waals surface area contributed by atoms with Crippen LogP contribution in [0, 0.1) is 0 Å². The Morgan fingerprint density at radius 1 is 0.968 bits per heavy atom. The van der Waals surface area contributed by atoms with Gasteiger partial charge in [-0.2, -0.15) is 0 Å². The molecule has 3 aromatic rings. The van der Waals surface area contributed by atoms with Gasteiger partial charge in [-0.15, -0.1) is 0 Å². The van der Waals surface area contributed by atoms with Gasteiger partial charge in [0, 0.05) is 11.8 Å². The Kier molecular flexibility index (Phi) is 8.17. The summed E-state index contributed by atoms with van der Waals surface area (Å²) in [6, 6.07) is 21.7.